The number of carboxylic acid groups (broad SMARTS) is 1. The van der Waals surface area contributed by atoms with Crippen LogP contribution in [0.15, 0.2) is 49.9 Å². The molecule has 2 aromatic carbocycles. The van der Waals surface area contributed by atoms with Gasteiger partial charge < -0.3 is 19.6 Å². The normalized spacial score (nSPS) is 14.9. The molecular formula is C32H36Cl2FN4O13PS3. The lowest BCUT2D eigenvalue weighted by Crippen LogP contribution is -2.35. The minimum Gasteiger partial charge on any atom is -0.480 e. The van der Waals surface area contributed by atoms with Gasteiger partial charge in [0.1, 0.15) is 17.4 Å². The smallest absolute Gasteiger partial charge is 0.339 e. The number of aromatic nitrogens is 2. The van der Waals surface area contributed by atoms with Crippen molar-refractivity contribution in [1.82, 2.24) is 14.7 Å². The maximum Gasteiger partial charge on any atom is 0.339 e. The summed E-state index contributed by atoms with van der Waals surface area (Å²) in [6.45, 7) is 0.885. The number of hydrogen-bond acceptors (Lipinski definition) is 14. The SMILES string of the molecule is COC(=O)CSc1cc(N=c2sc(=O)n3n2CCCC3)c(F)cc1Cl.CS(=O)(=O)c1ccc(C(=O)C2C(=O)CCCC2=O)c(Cl)c1.O=C(O)CNCP(=O)(O)O. The van der Waals surface area contributed by atoms with Gasteiger partial charge in [-0.1, -0.05) is 23.2 Å². The van der Waals surface area contributed by atoms with Gasteiger partial charge in [-0.2, -0.15) is 0 Å². The quantitative estimate of drug-likeness (QED) is 0.0707. The number of ketones is 3. The van der Waals surface area contributed by atoms with E-state index >= 15 is 0 Å². The van der Waals surface area contributed by atoms with Gasteiger partial charge in [0.15, 0.2) is 27.2 Å². The van der Waals surface area contributed by atoms with E-state index in [0.717, 1.165) is 54.3 Å². The standard InChI is InChI=1S/C15H15ClFN3O3S2.C14H13ClO5S.C3H8NO5P/c1-23-13(21)8-24-12-7-11(10(17)6-9(12)16)18-14-19-4-2-3-5-20(19)15(22)25-14;1-21(19,20)8-5-6-9(10(15)7-8)14(18)13-11(16)3-2-4-12(13)17;5-3(6)1-4-2-10(7,8)9/h6-7H,2-5,8H2,1H3;5-7,13H,2-4H2,1H3;4H,1-2H2,(H,5,6)(H2,7,8,9). The molecule has 1 aliphatic carbocycles. The topological polar surface area (TPSA) is 258 Å². The molecule has 5 rings (SSSR count). The molecule has 2 heterocycles. The van der Waals surface area contributed by atoms with Crippen molar-refractivity contribution in [3.63, 3.8) is 0 Å². The Balaban J connectivity index is 0.000000246. The molecule has 1 aromatic heterocycles. The van der Waals surface area contributed by atoms with E-state index in [1.807, 2.05) is 0 Å². The van der Waals surface area contributed by atoms with Crippen LogP contribution in [0.3, 0.4) is 0 Å². The molecule has 306 valence electrons. The Bertz CT molecular complexity index is 2270. The monoisotopic (exact) mass is 900 g/mol. The minimum absolute atomic E-state index is 0.00216. The van der Waals surface area contributed by atoms with E-state index in [9.17, 15) is 46.1 Å². The van der Waals surface area contributed by atoms with Gasteiger partial charge in [-0.05, 0) is 60.9 Å². The summed E-state index contributed by atoms with van der Waals surface area (Å²) < 4.78 is 55.1. The molecule has 0 spiro atoms. The van der Waals surface area contributed by atoms with Crippen molar-refractivity contribution in [1.29, 1.82) is 0 Å². The van der Waals surface area contributed by atoms with Crippen molar-refractivity contribution in [3.05, 3.63) is 66.2 Å². The fraction of sp³-hybridized carbons (Fsp3) is 0.406. The van der Waals surface area contributed by atoms with Crippen molar-refractivity contribution in [2.75, 3.05) is 31.9 Å². The molecule has 0 atom stereocenters. The number of carbonyl (C=O) groups is 5. The Morgan fingerprint density at radius 3 is 2.21 bits per heavy atom. The van der Waals surface area contributed by atoms with Crippen LogP contribution in [0, 0.1) is 11.7 Å². The summed E-state index contributed by atoms with van der Waals surface area (Å²) in [7, 11) is -6.24. The van der Waals surface area contributed by atoms with Crippen LogP contribution in [0.1, 0.15) is 42.5 Å². The van der Waals surface area contributed by atoms with Gasteiger partial charge in [0.05, 0.1) is 40.6 Å². The Morgan fingerprint density at radius 2 is 1.66 bits per heavy atom. The summed E-state index contributed by atoms with van der Waals surface area (Å²) in [6.07, 6.45) is 3.17. The van der Waals surface area contributed by atoms with Gasteiger partial charge in [0.25, 0.3) is 0 Å². The third-order valence-corrected chi connectivity index (χ3v) is 12.0. The highest BCUT2D eigenvalue weighted by atomic mass is 35.5. The number of carbonyl (C=O) groups excluding carboxylic acids is 4. The van der Waals surface area contributed by atoms with E-state index in [4.69, 9.17) is 38.1 Å². The first-order valence-corrected chi connectivity index (χ1v) is 22.5. The van der Waals surface area contributed by atoms with Crippen LogP contribution in [-0.2, 0) is 51.4 Å². The Kier molecular flexibility index (Phi) is 17.4. The highest BCUT2D eigenvalue weighted by Crippen LogP contribution is 2.34. The van der Waals surface area contributed by atoms with E-state index in [0.29, 0.717) is 29.2 Å². The van der Waals surface area contributed by atoms with Crippen molar-refractivity contribution >= 4 is 98.7 Å². The number of thioether (sulfide) groups is 1. The van der Waals surface area contributed by atoms with Gasteiger partial charge in [0.2, 0.25) is 4.80 Å². The van der Waals surface area contributed by atoms with Crippen molar-refractivity contribution < 1.29 is 61.0 Å². The predicted molar refractivity (Wildman–Crippen MR) is 204 cm³/mol. The van der Waals surface area contributed by atoms with Crippen LogP contribution in [0.5, 0.6) is 0 Å². The zero-order valence-corrected chi connectivity index (χ0v) is 34.5. The minimum atomic E-state index is -4.10. The van der Waals surface area contributed by atoms with Crippen molar-refractivity contribution in [2.24, 2.45) is 10.9 Å². The molecule has 0 amide bonds. The second-order valence-electron chi connectivity index (χ2n) is 12.0. The molecule has 4 N–H and O–H groups in total. The Morgan fingerprint density at radius 1 is 1.04 bits per heavy atom. The average molecular weight is 902 g/mol. The first-order valence-electron chi connectivity index (χ1n) is 16.2. The second kappa shape index (κ2) is 20.8. The van der Waals surface area contributed by atoms with Crippen LogP contribution < -0.4 is 15.0 Å². The Hall–Kier alpha value is -3.53. The summed E-state index contributed by atoms with van der Waals surface area (Å²) in [5.74, 6) is -4.84. The molecule has 3 aromatic rings. The highest BCUT2D eigenvalue weighted by molar-refractivity contribution is 8.00. The number of sulfone groups is 1. The lowest BCUT2D eigenvalue weighted by Gasteiger charge is -2.18. The van der Waals surface area contributed by atoms with E-state index in [1.54, 1.807) is 9.36 Å². The maximum absolute atomic E-state index is 14.3. The number of fused-ring (bicyclic) bond motifs is 1. The lowest BCUT2D eigenvalue weighted by molar-refractivity contribution is -0.138. The summed E-state index contributed by atoms with van der Waals surface area (Å²) in [4.78, 5) is 90.5. The number of esters is 1. The van der Waals surface area contributed by atoms with Crippen LogP contribution >= 0.6 is 53.9 Å². The largest absolute Gasteiger partial charge is 0.480 e. The molecule has 2 aliphatic rings. The summed E-state index contributed by atoms with van der Waals surface area (Å²) >= 11 is 14.1. The molecule has 24 heteroatoms. The van der Waals surface area contributed by atoms with Gasteiger partial charge in [0, 0.05) is 42.6 Å². The van der Waals surface area contributed by atoms with Crippen LogP contribution in [0.4, 0.5) is 10.1 Å². The van der Waals surface area contributed by atoms with Gasteiger partial charge in [-0.25, -0.2) is 22.5 Å². The van der Waals surface area contributed by atoms with E-state index in [-0.39, 0.29) is 49.7 Å². The first-order chi connectivity index (χ1) is 26.1. The molecule has 1 saturated carbocycles. The molecule has 56 heavy (non-hydrogen) atoms. The maximum atomic E-state index is 14.3. The van der Waals surface area contributed by atoms with Crippen LogP contribution in [0.2, 0.25) is 10.0 Å². The zero-order valence-electron chi connectivity index (χ0n) is 29.6. The number of aliphatic carboxylic acids is 1. The number of rotatable bonds is 11. The predicted octanol–water partition coefficient (Wildman–Crippen LogP) is 3.46. The zero-order chi connectivity index (χ0) is 42.0. The molecular weight excluding hydrogens is 865 g/mol. The van der Waals surface area contributed by atoms with Gasteiger partial charge in [-0.15, -0.1) is 11.8 Å². The van der Waals surface area contributed by atoms with Crippen LogP contribution in [0.25, 0.3) is 0 Å². The molecule has 1 aliphatic heterocycles. The molecule has 17 nitrogen and oxygen atoms in total. The molecule has 1 fully saturated rings. The highest BCUT2D eigenvalue weighted by Gasteiger charge is 2.37. The molecule has 0 radical (unpaired) electrons. The molecule has 0 saturated heterocycles. The summed E-state index contributed by atoms with van der Waals surface area (Å²) in [5, 5.41) is 10.2. The third kappa shape index (κ3) is 13.8. The average Bonchev–Trinajstić information content (AvgIpc) is 3.42. The van der Waals surface area contributed by atoms with Crippen molar-refractivity contribution in [2.45, 2.75) is 55.0 Å². The summed E-state index contributed by atoms with van der Waals surface area (Å²) in [6, 6.07) is 6.29. The van der Waals surface area contributed by atoms with Crippen molar-refractivity contribution in [3.8, 4) is 0 Å². The van der Waals surface area contributed by atoms with Crippen LogP contribution in [-0.4, -0.2) is 93.9 Å². The molecule has 0 bridgehead atoms. The number of benzene rings is 2. The Labute approximate surface area is 336 Å². The number of hydrogen-bond donors (Lipinski definition) is 4. The fourth-order valence-electron chi connectivity index (χ4n) is 5.02. The van der Waals surface area contributed by atoms with E-state index in [1.165, 1.54) is 25.3 Å². The number of ether oxygens (including phenoxy) is 1. The fourth-order valence-corrected chi connectivity index (χ4v) is 8.39. The van der Waals surface area contributed by atoms with E-state index < -0.39 is 71.3 Å². The number of methoxy groups -OCH3 is 1. The van der Waals surface area contributed by atoms with Gasteiger partial charge in [-0.3, -0.25) is 43.3 Å². The number of Topliss-reactive ketones (excluding diaryl/α,β-unsaturated/α-hetero) is 3. The van der Waals surface area contributed by atoms with E-state index in [2.05, 4.69) is 15.0 Å². The second-order valence-corrected chi connectivity index (χ2v) is 18.4. The number of halogens is 3. The third-order valence-electron chi connectivity index (χ3n) is 7.66. The lowest BCUT2D eigenvalue weighted by atomic mass is 9.82. The first kappa shape index (κ1) is 46.8. The summed E-state index contributed by atoms with van der Waals surface area (Å²) in [5.41, 5.74) is 0.0807. The van der Waals surface area contributed by atoms with Gasteiger partial charge >= 0.3 is 24.4 Å². The number of nitrogens with one attached hydrogen (secondary N) is 1. The number of carboxylic acids is 1. The molecule has 0 unspecified atom stereocenters. The number of nitrogens with zero attached hydrogens (tertiary/aromatic N) is 3.